The van der Waals surface area contributed by atoms with Crippen molar-refractivity contribution in [2.24, 2.45) is 5.92 Å². The third-order valence-corrected chi connectivity index (χ3v) is 7.68. The number of hydrogen-bond donors (Lipinski definition) is 2. The predicted octanol–water partition coefficient (Wildman–Crippen LogP) is 6.68. The number of pyridine rings is 1. The van der Waals surface area contributed by atoms with Gasteiger partial charge in [0.05, 0.1) is 18.0 Å². The van der Waals surface area contributed by atoms with E-state index < -0.39 is 59.6 Å². The number of carbonyl (C=O) groups is 2. The molecule has 1 heterocycles. The Morgan fingerprint density at radius 1 is 0.956 bits per heavy atom. The van der Waals surface area contributed by atoms with Crippen LogP contribution in [0.2, 0.25) is 0 Å². The van der Waals surface area contributed by atoms with E-state index in [-0.39, 0.29) is 23.5 Å². The third-order valence-electron chi connectivity index (χ3n) is 7.68. The van der Waals surface area contributed by atoms with Gasteiger partial charge in [0.2, 0.25) is 5.91 Å². The molecule has 0 fully saturated rings. The van der Waals surface area contributed by atoms with Gasteiger partial charge in [-0.3, -0.25) is 14.4 Å². The molecule has 2 atom stereocenters. The second kappa shape index (κ2) is 14.9. The lowest BCUT2D eigenvalue weighted by molar-refractivity contribution is -0.138. The monoisotopic (exact) mass is 631 g/mol. The van der Waals surface area contributed by atoms with Crippen molar-refractivity contribution < 1.29 is 32.3 Å². The number of rotatable bonds is 13. The first-order valence-electron chi connectivity index (χ1n) is 14.8. The largest absolute Gasteiger partial charge is 0.481 e. The van der Waals surface area contributed by atoms with Crippen LogP contribution in [0.3, 0.4) is 0 Å². The number of likely N-dealkylation sites (N-methyl/N-ethyl adjacent to an activating group) is 1. The van der Waals surface area contributed by atoms with E-state index in [4.69, 9.17) is 0 Å². The number of carboxylic acid groups (broad SMARTS) is 1. The van der Waals surface area contributed by atoms with E-state index in [1.54, 1.807) is 33.8 Å². The zero-order valence-corrected chi connectivity index (χ0v) is 26.7. The molecule has 2 aromatic carbocycles. The first-order valence-corrected chi connectivity index (χ1v) is 14.8. The standard InChI is InChI=1S/C34H41F4N3O4/c1-18(2)10-28(41-17-22(8-9-40(6)7)14-26(32(37)38)34(41)45)33(44)39-27(16-29(42)43)25-15-23(11-21(5)31(25)36)30-19(3)12-24(35)13-20(30)4/h11-15,17-18,27-28,32H,8-10,16H2,1-7H3,(H,39,44)(H,42,43)/t27-,28-/m0/s1. The van der Waals surface area contributed by atoms with Crippen molar-refractivity contribution >= 4 is 11.9 Å². The van der Waals surface area contributed by atoms with Gasteiger partial charge in [0.1, 0.15) is 17.7 Å². The summed E-state index contributed by atoms with van der Waals surface area (Å²) in [6.45, 7) is 9.00. The lowest BCUT2D eigenvalue weighted by atomic mass is 9.90. The number of benzene rings is 2. The fourth-order valence-corrected chi connectivity index (χ4v) is 5.60. The van der Waals surface area contributed by atoms with Gasteiger partial charge in [-0.25, -0.2) is 17.6 Å². The number of nitrogens with one attached hydrogen (secondary N) is 1. The van der Waals surface area contributed by atoms with Crippen molar-refractivity contribution in [3.8, 4) is 11.1 Å². The average molecular weight is 632 g/mol. The van der Waals surface area contributed by atoms with E-state index in [1.165, 1.54) is 31.3 Å². The molecule has 244 valence electrons. The Hall–Kier alpha value is -3.99. The minimum atomic E-state index is -3.08. The van der Waals surface area contributed by atoms with Crippen LogP contribution in [0, 0.1) is 38.3 Å². The summed E-state index contributed by atoms with van der Waals surface area (Å²) in [5, 5.41) is 12.4. The van der Waals surface area contributed by atoms with E-state index in [0.717, 1.165) is 10.6 Å². The summed E-state index contributed by atoms with van der Waals surface area (Å²) in [6.07, 6.45) is -1.97. The highest BCUT2D eigenvalue weighted by atomic mass is 19.3. The van der Waals surface area contributed by atoms with E-state index >= 15 is 4.39 Å². The van der Waals surface area contributed by atoms with Crippen molar-refractivity contribution in [3.05, 3.63) is 91.9 Å². The molecule has 11 heteroatoms. The molecule has 0 bridgehead atoms. The first kappa shape index (κ1) is 35.5. The molecule has 3 aromatic rings. The van der Waals surface area contributed by atoms with Crippen molar-refractivity contribution in [2.45, 2.75) is 72.4 Å². The molecular weight excluding hydrogens is 590 g/mol. The van der Waals surface area contributed by atoms with Crippen LogP contribution < -0.4 is 10.9 Å². The minimum Gasteiger partial charge on any atom is -0.481 e. The summed E-state index contributed by atoms with van der Waals surface area (Å²) in [6, 6.07) is 4.18. The second-order valence-electron chi connectivity index (χ2n) is 12.3. The molecule has 1 amide bonds. The molecule has 0 radical (unpaired) electrons. The van der Waals surface area contributed by atoms with E-state index in [0.29, 0.717) is 40.8 Å². The van der Waals surface area contributed by atoms with Gasteiger partial charge >= 0.3 is 5.97 Å². The van der Waals surface area contributed by atoms with Gasteiger partial charge in [-0.1, -0.05) is 13.8 Å². The Balaban J connectivity index is 2.15. The van der Waals surface area contributed by atoms with Crippen LogP contribution in [0.15, 0.2) is 41.3 Å². The molecule has 0 aliphatic heterocycles. The molecule has 0 saturated heterocycles. The number of carboxylic acids is 1. The quantitative estimate of drug-likeness (QED) is 0.206. The van der Waals surface area contributed by atoms with Crippen LogP contribution in [0.25, 0.3) is 11.1 Å². The summed E-state index contributed by atoms with van der Waals surface area (Å²) in [7, 11) is 3.63. The highest BCUT2D eigenvalue weighted by Crippen LogP contribution is 2.34. The van der Waals surface area contributed by atoms with Gasteiger partial charge in [-0.2, -0.15) is 0 Å². The predicted molar refractivity (Wildman–Crippen MR) is 166 cm³/mol. The minimum absolute atomic E-state index is 0.0703. The number of nitrogens with zero attached hydrogens (tertiary/aromatic N) is 2. The van der Waals surface area contributed by atoms with Crippen LogP contribution >= 0.6 is 0 Å². The molecular formula is C34H41F4N3O4. The number of aryl methyl sites for hydroxylation is 3. The van der Waals surface area contributed by atoms with Gasteiger partial charge < -0.3 is 19.9 Å². The van der Waals surface area contributed by atoms with Crippen LogP contribution in [0.5, 0.6) is 0 Å². The van der Waals surface area contributed by atoms with Crippen molar-refractivity contribution in [3.63, 3.8) is 0 Å². The van der Waals surface area contributed by atoms with Crippen LogP contribution in [0.1, 0.15) is 78.6 Å². The molecule has 0 spiro atoms. The number of carbonyl (C=O) groups excluding carboxylic acids is 1. The molecule has 0 aliphatic rings. The average Bonchev–Trinajstić information content (AvgIpc) is 2.91. The molecule has 1 aromatic heterocycles. The van der Waals surface area contributed by atoms with E-state index in [1.807, 2.05) is 19.0 Å². The lowest BCUT2D eigenvalue weighted by Crippen LogP contribution is -2.41. The van der Waals surface area contributed by atoms with Crippen molar-refractivity contribution in [1.29, 1.82) is 0 Å². The molecule has 0 saturated carbocycles. The van der Waals surface area contributed by atoms with Gasteiger partial charge in [-0.05, 0) is 117 Å². The Kier molecular flexibility index (Phi) is 11.7. The van der Waals surface area contributed by atoms with Crippen LogP contribution in [0.4, 0.5) is 17.6 Å². The summed E-state index contributed by atoms with van der Waals surface area (Å²) in [5.74, 6) is -3.46. The second-order valence-corrected chi connectivity index (χ2v) is 12.3. The van der Waals surface area contributed by atoms with Gasteiger partial charge in [0.15, 0.2) is 0 Å². The topological polar surface area (TPSA) is 91.6 Å². The fourth-order valence-electron chi connectivity index (χ4n) is 5.60. The molecule has 3 rings (SSSR count). The molecule has 45 heavy (non-hydrogen) atoms. The fraction of sp³-hybridized carbons (Fsp3) is 0.441. The molecule has 2 N–H and O–H groups in total. The zero-order chi connectivity index (χ0) is 33.7. The number of aromatic nitrogens is 1. The third kappa shape index (κ3) is 8.81. The maximum absolute atomic E-state index is 15.7. The van der Waals surface area contributed by atoms with Crippen molar-refractivity contribution in [2.75, 3.05) is 20.6 Å². The van der Waals surface area contributed by atoms with Crippen LogP contribution in [-0.2, 0) is 16.0 Å². The zero-order valence-electron chi connectivity index (χ0n) is 26.7. The van der Waals surface area contributed by atoms with Crippen LogP contribution in [-0.4, -0.2) is 47.1 Å². The summed E-state index contributed by atoms with van der Waals surface area (Å²) in [5.41, 5.74) is 1.06. The number of amides is 1. The number of aliphatic carboxylic acids is 1. The Morgan fingerprint density at radius 3 is 2.11 bits per heavy atom. The van der Waals surface area contributed by atoms with E-state index in [9.17, 15) is 32.7 Å². The maximum Gasteiger partial charge on any atom is 0.305 e. The maximum atomic E-state index is 15.7. The smallest absolute Gasteiger partial charge is 0.305 e. The number of hydrogen-bond acceptors (Lipinski definition) is 4. The SMILES string of the molecule is Cc1cc(-c2c(C)cc(F)cc2C)cc([C@H](CC(=O)O)NC(=O)[C@H](CC(C)C)n2cc(CCN(C)C)cc(C(F)F)c2=O)c1F. The highest BCUT2D eigenvalue weighted by molar-refractivity contribution is 5.82. The molecule has 0 unspecified atom stereocenters. The van der Waals surface area contributed by atoms with Gasteiger partial charge in [-0.15, -0.1) is 0 Å². The number of halogens is 4. The first-order chi connectivity index (χ1) is 21.0. The highest BCUT2D eigenvalue weighted by Gasteiger charge is 2.30. The Labute approximate surface area is 260 Å². The molecule has 0 aliphatic carbocycles. The lowest BCUT2D eigenvalue weighted by Gasteiger charge is -2.27. The van der Waals surface area contributed by atoms with Crippen molar-refractivity contribution in [1.82, 2.24) is 14.8 Å². The van der Waals surface area contributed by atoms with Gasteiger partial charge in [0, 0.05) is 18.3 Å². The van der Waals surface area contributed by atoms with E-state index in [2.05, 4.69) is 5.32 Å². The van der Waals surface area contributed by atoms with Gasteiger partial charge in [0.25, 0.3) is 12.0 Å². The molecule has 7 nitrogen and oxygen atoms in total. The normalized spacial score (nSPS) is 13.0. The summed E-state index contributed by atoms with van der Waals surface area (Å²) < 4.78 is 58.7. The Morgan fingerprint density at radius 2 is 1.58 bits per heavy atom. The number of alkyl halides is 2. The summed E-state index contributed by atoms with van der Waals surface area (Å²) in [4.78, 5) is 41.0. The summed E-state index contributed by atoms with van der Waals surface area (Å²) >= 11 is 0. The Bertz CT molecular complexity index is 1590.